The minimum atomic E-state index is -0.643. The second-order valence-corrected chi connectivity index (χ2v) is 6.85. The molecule has 1 heterocycles. The third kappa shape index (κ3) is 2.59. The highest BCUT2D eigenvalue weighted by Crippen LogP contribution is 2.40. The molecular weight excluding hydrogens is 246 g/mol. The van der Waals surface area contributed by atoms with E-state index in [1.807, 2.05) is 0 Å². The first-order valence-corrected chi connectivity index (χ1v) is 7.32. The van der Waals surface area contributed by atoms with Crippen LogP contribution in [0.5, 0.6) is 0 Å². The lowest BCUT2D eigenvalue weighted by molar-refractivity contribution is -0.154. The minimum absolute atomic E-state index is 0.0671. The van der Waals surface area contributed by atoms with Crippen LogP contribution in [-0.2, 0) is 10.2 Å². The third-order valence-corrected chi connectivity index (χ3v) is 5.22. The molecule has 1 aromatic heterocycles. The number of aliphatic carboxylic acids is 1. The Labute approximate surface area is 112 Å². The van der Waals surface area contributed by atoms with Gasteiger partial charge in [0.1, 0.15) is 0 Å². The summed E-state index contributed by atoms with van der Waals surface area (Å²) in [5, 5.41) is 14.7. The van der Waals surface area contributed by atoms with Crippen molar-refractivity contribution in [2.45, 2.75) is 38.5 Å². The predicted octanol–water partition coefficient (Wildman–Crippen LogP) is 2.87. The highest BCUT2D eigenvalue weighted by Gasteiger charge is 2.44. The van der Waals surface area contributed by atoms with Crippen molar-refractivity contribution in [1.82, 2.24) is 5.32 Å². The first-order chi connectivity index (χ1) is 8.46. The summed E-state index contributed by atoms with van der Waals surface area (Å²) < 4.78 is 0. The fourth-order valence-electron chi connectivity index (χ4n) is 2.43. The van der Waals surface area contributed by atoms with E-state index >= 15 is 0 Å². The second-order valence-electron chi connectivity index (χ2n) is 5.90. The van der Waals surface area contributed by atoms with E-state index in [0.717, 1.165) is 25.8 Å². The molecular formula is C14H21NO2S. The Kier molecular flexibility index (Phi) is 3.78. The molecule has 0 saturated heterocycles. The van der Waals surface area contributed by atoms with Gasteiger partial charge in [0.2, 0.25) is 0 Å². The molecule has 0 unspecified atom stereocenters. The summed E-state index contributed by atoms with van der Waals surface area (Å²) in [7, 11) is 0. The van der Waals surface area contributed by atoms with Crippen LogP contribution in [0.25, 0.3) is 0 Å². The number of thiophene rings is 1. The number of carboxylic acids is 1. The van der Waals surface area contributed by atoms with Gasteiger partial charge in [-0.25, -0.2) is 0 Å². The maximum atomic E-state index is 11.2. The first kappa shape index (κ1) is 13.6. The average Bonchev–Trinajstić information content (AvgIpc) is 2.74. The molecule has 18 heavy (non-hydrogen) atoms. The zero-order valence-corrected chi connectivity index (χ0v) is 11.8. The van der Waals surface area contributed by atoms with Gasteiger partial charge >= 0.3 is 5.97 Å². The van der Waals surface area contributed by atoms with Gasteiger partial charge in [0.25, 0.3) is 0 Å². The summed E-state index contributed by atoms with van der Waals surface area (Å²) in [6, 6.07) is 4.20. The Bertz CT molecular complexity index is 407. The van der Waals surface area contributed by atoms with Gasteiger partial charge in [0.15, 0.2) is 0 Å². The van der Waals surface area contributed by atoms with Gasteiger partial charge in [-0.1, -0.05) is 26.3 Å². The number of carboxylic acid groups (broad SMARTS) is 1. The molecule has 4 heteroatoms. The van der Waals surface area contributed by atoms with E-state index in [0.29, 0.717) is 6.54 Å². The molecule has 1 aliphatic carbocycles. The van der Waals surface area contributed by atoms with E-state index < -0.39 is 11.4 Å². The quantitative estimate of drug-likeness (QED) is 0.833. The van der Waals surface area contributed by atoms with E-state index in [9.17, 15) is 9.90 Å². The smallest absolute Gasteiger partial charge is 0.310 e. The van der Waals surface area contributed by atoms with Crippen LogP contribution >= 0.6 is 11.3 Å². The molecule has 0 bridgehead atoms. The highest BCUT2D eigenvalue weighted by molar-refractivity contribution is 7.10. The average molecular weight is 267 g/mol. The summed E-state index contributed by atoms with van der Waals surface area (Å²) in [6.07, 6.45) is 2.67. The van der Waals surface area contributed by atoms with Crippen molar-refractivity contribution in [3.05, 3.63) is 22.4 Å². The largest absolute Gasteiger partial charge is 0.481 e. The standard InChI is InChI=1S/C14H21NO2S/c1-13(2,11-5-3-8-18-11)9-15-10-14(12(16)17)6-4-7-14/h3,5,8,15H,4,6-7,9-10H2,1-2H3,(H,16,17). The lowest BCUT2D eigenvalue weighted by Crippen LogP contribution is -2.48. The van der Waals surface area contributed by atoms with Gasteiger partial charge < -0.3 is 10.4 Å². The minimum Gasteiger partial charge on any atom is -0.481 e. The Hall–Kier alpha value is -0.870. The molecule has 1 saturated carbocycles. The molecule has 1 aliphatic rings. The third-order valence-electron chi connectivity index (χ3n) is 3.98. The van der Waals surface area contributed by atoms with Crippen molar-refractivity contribution in [2.75, 3.05) is 13.1 Å². The van der Waals surface area contributed by atoms with Crippen LogP contribution in [0.2, 0.25) is 0 Å². The van der Waals surface area contributed by atoms with Gasteiger partial charge in [-0.2, -0.15) is 0 Å². The molecule has 100 valence electrons. The lowest BCUT2D eigenvalue weighted by atomic mass is 9.68. The summed E-state index contributed by atoms with van der Waals surface area (Å²) >= 11 is 1.76. The molecule has 3 nitrogen and oxygen atoms in total. The summed E-state index contributed by atoms with van der Waals surface area (Å²) in [5.74, 6) is -0.643. The maximum absolute atomic E-state index is 11.2. The predicted molar refractivity (Wildman–Crippen MR) is 74.1 cm³/mol. The van der Waals surface area contributed by atoms with Crippen molar-refractivity contribution in [3.8, 4) is 0 Å². The first-order valence-electron chi connectivity index (χ1n) is 6.44. The molecule has 0 spiro atoms. The van der Waals surface area contributed by atoms with Crippen LogP contribution in [-0.4, -0.2) is 24.2 Å². The number of hydrogen-bond acceptors (Lipinski definition) is 3. The van der Waals surface area contributed by atoms with Crippen molar-refractivity contribution in [3.63, 3.8) is 0 Å². The molecule has 1 fully saturated rings. The summed E-state index contributed by atoms with van der Waals surface area (Å²) in [5.41, 5.74) is -0.427. The van der Waals surface area contributed by atoms with Crippen molar-refractivity contribution >= 4 is 17.3 Å². The van der Waals surface area contributed by atoms with Crippen LogP contribution < -0.4 is 5.32 Å². The molecule has 0 atom stereocenters. The fourth-order valence-corrected chi connectivity index (χ4v) is 3.29. The van der Waals surface area contributed by atoms with Crippen LogP contribution in [0.1, 0.15) is 38.0 Å². The van der Waals surface area contributed by atoms with Crippen LogP contribution in [0.15, 0.2) is 17.5 Å². The number of nitrogens with one attached hydrogen (secondary N) is 1. The van der Waals surface area contributed by atoms with Gasteiger partial charge in [-0.3, -0.25) is 4.79 Å². The van der Waals surface area contributed by atoms with E-state index in [2.05, 4.69) is 36.7 Å². The van der Waals surface area contributed by atoms with E-state index in [1.54, 1.807) is 11.3 Å². The molecule has 0 aromatic carbocycles. The highest BCUT2D eigenvalue weighted by atomic mass is 32.1. The van der Waals surface area contributed by atoms with Gasteiger partial charge in [-0.05, 0) is 24.3 Å². The van der Waals surface area contributed by atoms with Gasteiger partial charge in [0, 0.05) is 23.4 Å². The Morgan fingerprint density at radius 1 is 1.56 bits per heavy atom. The molecule has 1 aromatic rings. The van der Waals surface area contributed by atoms with Crippen LogP contribution in [0.4, 0.5) is 0 Å². The SMILES string of the molecule is CC(C)(CNCC1(C(=O)O)CCC1)c1cccs1. The molecule has 2 rings (SSSR count). The number of rotatable bonds is 6. The summed E-state index contributed by atoms with van der Waals surface area (Å²) in [6.45, 7) is 5.81. The topological polar surface area (TPSA) is 49.3 Å². The van der Waals surface area contributed by atoms with Gasteiger partial charge in [-0.15, -0.1) is 11.3 Å². The molecule has 0 amide bonds. The Morgan fingerprint density at radius 2 is 2.28 bits per heavy atom. The van der Waals surface area contributed by atoms with Crippen LogP contribution in [0, 0.1) is 5.41 Å². The lowest BCUT2D eigenvalue weighted by Gasteiger charge is -2.38. The Balaban J connectivity index is 1.87. The zero-order chi connectivity index (χ0) is 13.2. The van der Waals surface area contributed by atoms with Gasteiger partial charge in [0.05, 0.1) is 5.41 Å². The van der Waals surface area contributed by atoms with Crippen molar-refractivity contribution in [1.29, 1.82) is 0 Å². The second kappa shape index (κ2) is 5.02. The molecule has 0 aliphatic heterocycles. The van der Waals surface area contributed by atoms with E-state index in [1.165, 1.54) is 4.88 Å². The molecule has 0 radical (unpaired) electrons. The maximum Gasteiger partial charge on any atom is 0.310 e. The van der Waals surface area contributed by atoms with E-state index in [4.69, 9.17) is 0 Å². The van der Waals surface area contributed by atoms with Crippen molar-refractivity contribution < 1.29 is 9.90 Å². The summed E-state index contributed by atoms with van der Waals surface area (Å²) in [4.78, 5) is 12.6. The fraction of sp³-hybridized carbons (Fsp3) is 0.643. The number of carbonyl (C=O) groups is 1. The normalized spacial score (nSPS) is 18.3. The van der Waals surface area contributed by atoms with Crippen LogP contribution in [0.3, 0.4) is 0 Å². The molecule has 2 N–H and O–H groups in total. The Morgan fingerprint density at radius 3 is 2.72 bits per heavy atom. The monoisotopic (exact) mass is 267 g/mol. The van der Waals surface area contributed by atoms with E-state index in [-0.39, 0.29) is 5.41 Å². The number of hydrogen-bond donors (Lipinski definition) is 2. The zero-order valence-electron chi connectivity index (χ0n) is 11.0. The van der Waals surface area contributed by atoms with Crippen molar-refractivity contribution in [2.24, 2.45) is 5.41 Å².